The number of anilines is 2. The Hall–Kier alpha value is -2.97. The molecule has 0 aliphatic carbocycles. The number of quaternary nitrogens is 1. The lowest BCUT2D eigenvalue weighted by Crippen LogP contribution is -3.14. The second kappa shape index (κ2) is 9.49. The molecule has 2 atom stereocenters. The van der Waals surface area contributed by atoms with Crippen molar-refractivity contribution < 1.29 is 19.4 Å². The molecule has 0 fully saturated rings. The minimum Gasteiger partial charge on any atom is -0.321 e. The highest BCUT2D eigenvalue weighted by atomic mass is 35.5. The van der Waals surface area contributed by atoms with Crippen LogP contribution < -0.4 is 15.5 Å². The molecule has 0 aliphatic rings. The van der Waals surface area contributed by atoms with Gasteiger partial charge in [0.2, 0.25) is 0 Å². The maximum absolute atomic E-state index is 12.5. The van der Waals surface area contributed by atoms with Crippen LogP contribution in [0.3, 0.4) is 0 Å². The average molecular weight is 420 g/mol. The molecule has 2 aromatic carbocycles. The summed E-state index contributed by atoms with van der Waals surface area (Å²) >= 11 is 6.03. The van der Waals surface area contributed by atoms with Gasteiger partial charge in [-0.2, -0.15) is 0 Å². The lowest BCUT2D eigenvalue weighted by Gasteiger charge is -2.21. The zero-order chi connectivity index (χ0) is 21.7. The fraction of sp³-hybridized carbons (Fsp3) is 0.300. The van der Waals surface area contributed by atoms with Crippen LogP contribution >= 0.6 is 11.6 Å². The van der Waals surface area contributed by atoms with Crippen molar-refractivity contribution in [2.75, 3.05) is 24.2 Å². The maximum atomic E-state index is 12.5. The Morgan fingerprint density at radius 3 is 2.38 bits per heavy atom. The van der Waals surface area contributed by atoms with Gasteiger partial charge in [-0.3, -0.25) is 19.7 Å². The van der Waals surface area contributed by atoms with E-state index in [9.17, 15) is 19.7 Å². The zero-order valence-corrected chi connectivity index (χ0v) is 17.5. The molecule has 0 heterocycles. The van der Waals surface area contributed by atoms with Crippen molar-refractivity contribution in [3.63, 3.8) is 0 Å². The highest BCUT2D eigenvalue weighted by Gasteiger charge is 2.25. The molecule has 0 saturated carbocycles. The molecule has 0 aliphatic heterocycles. The number of nitro benzene ring substituents is 1. The molecular weight excluding hydrogens is 396 g/mol. The summed E-state index contributed by atoms with van der Waals surface area (Å²) in [5.41, 5.74) is 2.67. The minimum absolute atomic E-state index is 0.0744. The van der Waals surface area contributed by atoms with Gasteiger partial charge in [-0.05, 0) is 38.0 Å². The normalized spacial score (nSPS) is 12.7. The summed E-state index contributed by atoms with van der Waals surface area (Å²) in [6.45, 7) is 5.57. The number of hydrogen-bond acceptors (Lipinski definition) is 4. The largest absolute Gasteiger partial charge is 0.321 e. The standard InChI is InChI=1S/C20H23ClN4O4/c1-12-6-5-7-13(2)19(12)23-18(26)11-24(4)14(3)20(27)22-17-10-15(25(28)29)8-9-16(17)21/h5-10,14H,11H2,1-4H3,(H,22,27)(H,23,26)/p+1/t14-/m1/s1. The van der Waals surface area contributed by atoms with E-state index in [1.54, 1.807) is 14.0 Å². The Balaban J connectivity index is 2.01. The van der Waals surface area contributed by atoms with Crippen molar-refractivity contribution in [3.8, 4) is 0 Å². The van der Waals surface area contributed by atoms with Crippen molar-refractivity contribution in [1.82, 2.24) is 0 Å². The molecule has 2 rings (SSSR count). The monoisotopic (exact) mass is 419 g/mol. The number of halogens is 1. The number of non-ortho nitro benzene ring substituents is 1. The van der Waals surface area contributed by atoms with E-state index >= 15 is 0 Å². The van der Waals surface area contributed by atoms with Crippen LogP contribution in [0.1, 0.15) is 18.1 Å². The third-order valence-electron chi connectivity index (χ3n) is 4.74. The van der Waals surface area contributed by atoms with Crippen LogP contribution in [-0.2, 0) is 9.59 Å². The zero-order valence-electron chi connectivity index (χ0n) is 16.7. The number of carbonyl (C=O) groups is 2. The van der Waals surface area contributed by atoms with E-state index in [-0.39, 0.29) is 28.8 Å². The smallest absolute Gasteiger partial charge is 0.282 e. The summed E-state index contributed by atoms with van der Waals surface area (Å²) in [7, 11) is 1.73. The molecule has 154 valence electrons. The number of nitrogens with one attached hydrogen (secondary N) is 3. The predicted molar refractivity (Wildman–Crippen MR) is 112 cm³/mol. The summed E-state index contributed by atoms with van der Waals surface area (Å²) < 4.78 is 0. The molecule has 1 unspecified atom stereocenters. The third kappa shape index (κ3) is 5.75. The van der Waals surface area contributed by atoms with E-state index in [0.29, 0.717) is 4.90 Å². The summed E-state index contributed by atoms with van der Waals surface area (Å²) in [6.07, 6.45) is 0. The van der Waals surface area contributed by atoms with Crippen LogP contribution in [0, 0.1) is 24.0 Å². The van der Waals surface area contributed by atoms with Crippen LogP contribution in [0.25, 0.3) is 0 Å². The van der Waals surface area contributed by atoms with Crippen LogP contribution in [0.15, 0.2) is 36.4 Å². The van der Waals surface area contributed by atoms with E-state index < -0.39 is 16.9 Å². The van der Waals surface area contributed by atoms with Crippen LogP contribution in [0.4, 0.5) is 17.1 Å². The Kier molecular flexibility index (Phi) is 7.30. The number of aryl methyl sites for hydroxylation is 2. The maximum Gasteiger partial charge on any atom is 0.282 e. The van der Waals surface area contributed by atoms with Gasteiger partial charge in [-0.25, -0.2) is 0 Å². The molecule has 2 amide bonds. The fourth-order valence-electron chi connectivity index (χ4n) is 2.79. The van der Waals surface area contributed by atoms with Gasteiger partial charge in [0, 0.05) is 17.8 Å². The number of hydrogen-bond donors (Lipinski definition) is 3. The summed E-state index contributed by atoms with van der Waals surface area (Å²) in [5.74, 6) is -0.613. The number of benzene rings is 2. The highest BCUT2D eigenvalue weighted by molar-refractivity contribution is 6.33. The second-order valence-corrected chi connectivity index (χ2v) is 7.38. The van der Waals surface area contributed by atoms with Crippen molar-refractivity contribution in [2.45, 2.75) is 26.8 Å². The lowest BCUT2D eigenvalue weighted by molar-refractivity contribution is -0.885. The second-order valence-electron chi connectivity index (χ2n) is 6.97. The summed E-state index contributed by atoms with van der Waals surface area (Å²) in [5, 5.41) is 16.6. The molecular formula is C20H24ClN4O4+. The molecule has 0 aromatic heterocycles. The van der Waals surface area contributed by atoms with Crippen molar-refractivity contribution in [2.24, 2.45) is 0 Å². The molecule has 9 heteroatoms. The number of likely N-dealkylation sites (N-methyl/N-ethyl adjacent to an activating group) is 1. The first kappa shape index (κ1) is 22.3. The van der Waals surface area contributed by atoms with Gasteiger partial charge in [0.25, 0.3) is 17.5 Å². The van der Waals surface area contributed by atoms with E-state index in [0.717, 1.165) is 16.8 Å². The van der Waals surface area contributed by atoms with Gasteiger partial charge in [0.1, 0.15) is 0 Å². The molecule has 2 aromatic rings. The summed E-state index contributed by atoms with van der Waals surface area (Å²) in [6, 6.07) is 8.98. The predicted octanol–water partition coefficient (Wildman–Crippen LogP) is 2.35. The van der Waals surface area contributed by atoms with Crippen LogP contribution in [0.5, 0.6) is 0 Å². The SMILES string of the molecule is Cc1cccc(C)c1NC(=O)C[NH+](C)[C@H](C)C(=O)Nc1cc([N+](=O)[O-])ccc1Cl. The van der Waals surface area contributed by atoms with Gasteiger partial charge in [-0.1, -0.05) is 29.8 Å². The minimum atomic E-state index is -0.589. The van der Waals surface area contributed by atoms with E-state index in [4.69, 9.17) is 11.6 Å². The first-order valence-corrected chi connectivity index (χ1v) is 9.41. The first-order valence-electron chi connectivity index (χ1n) is 9.03. The van der Waals surface area contributed by atoms with Crippen LogP contribution in [0.2, 0.25) is 5.02 Å². The third-order valence-corrected chi connectivity index (χ3v) is 5.07. The number of nitrogens with zero attached hydrogens (tertiary/aromatic N) is 1. The number of amides is 2. The molecule has 3 N–H and O–H groups in total. The van der Waals surface area contributed by atoms with Crippen LogP contribution in [-0.4, -0.2) is 36.4 Å². The van der Waals surface area contributed by atoms with E-state index in [2.05, 4.69) is 10.6 Å². The highest BCUT2D eigenvalue weighted by Crippen LogP contribution is 2.26. The van der Waals surface area contributed by atoms with Crippen molar-refractivity contribution >= 4 is 40.5 Å². The lowest BCUT2D eigenvalue weighted by atomic mass is 10.1. The number of rotatable bonds is 7. The fourth-order valence-corrected chi connectivity index (χ4v) is 2.95. The number of nitro groups is 1. The van der Waals surface area contributed by atoms with E-state index in [1.165, 1.54) is 18.2 Å². The van der Waals surface area contributed by atoms with Crippen molar-refractivity contribution in [1.29, 1.82) is 0 Å². The Morgan fingerprint density at radius 1 is 1.17 bits per heavy atom. The Labute approximate surface area is 174 Å². The van der Waals surface area contributed by atoms with Gasteiger partial charge >= 0.3 is 0 Å². The summed E-state index contributed by atoms with van der Waals surface area (Å²) in [4.78, 5) is 36.0. The number of carbonyl (C=O) groups excluding carboxylic acids is 2. The van der Waals surface area contributed by atoms with Gasteiger partial charge in [-0.15, -0.1) is 0 Å². The van der Waals surface area contributed by atoms with E-state index in [1.807, 2.05) is 32.0 Å². The topological polar surface area (TPSA) is 106 Å². The molecule has 8 nitrogen and oxygen atoms in total. The molecule has 29 heavy (non-hydrogen) atoms. The van der Waals surface area contributed by atoms with Gasteiger partial charge in [0.15, 0.2) is 12.6 Å². The van der Waals surface area contributed by atoms with Gasteiger partial charge in [0.05, 0.1) is 22.7 Å². The van der Waals surface area contributed by atoms with Gasteiger partial charge < -0.3 is 15.5 Å². The molecule has 0 bridgehead atoms. The molecule has 0 saturated heterocycles. The first-order chi connectivity index (χ1) is 13.6. The molecule has 0 spiro atoms. The Bertz CT molecular complexity index is 928. The van der Waals surface area contributed by atoms with Crippen molar-refractivity contribution in [3.05, 3.63) is 62.7 Å². The average Bonchev–Trinajstić information content (AvgIpc) is 2.65. The Morgan fingerprint density at radius 2 is 1.79 bits per heavy atom. The quantitative estimate of drug-likeness (QED) is 0.473. The number of para-hydroxylation sites is 1. The molecule has 0 radical (unpaired) electrons.